The minimum absolute atomic E-state index is 0.0878. The Morgan fingerprint density at radius 1 is 0.971 bits per heavy atom. The van der Waals surface area contributed by atoms with Crippen LogP contribution in [0, 0.1) is 0 Å². The highest BCUT2D eigenvalue weighted by Gasteiger charge is 2.47. The molecular formula is C27H24ClNO6. The van der Waals surface area contributed by atoms with E-state index in [0.717, 1.165) is 0 Å². The summed E-state index contributed by atoms with van der Waals surface area (Å²) < 4.78 is 16.3. The molecule has 1 heterocycles. The predicted molar refractivity (Wildman–Crippen MR) is 133 cm³/mol. The van der Waals surface area contributed by atoms with Gasteiger partial charge in [0.2, 0.25) is 0 Å². The van der Waals surface area contributed by atoms with E-state index >= 15 is 0 Å². The summed E-state index contributed by atoms with van der Waals surface area (Å²) in [5.74, 6) is -0.907. The molecule has 1 amide bonds. The minimum atomic E-state index is -0.913. The Balaban J connectivity index is 1.99. The van der Waals surface area contributed by atoms with Crippen LogP contribution in [0.25, 0.3) is 5.76 Å². The number of ketones is 1. The largest absolute Gasteiger partial charge is 0.507 e. The van der Waals surface area contributed by atoms with Gasteiger partial charge in [0.1, 0.15) is 23.0 Å². The smallest absolute Gasteiger partial charge is 0.300 e. The zero-order valence-electron chi connectivity index (χ0n) is 19.4. The maximum atomic E-state index is 13.4. The van der Waals surface area contributed by atoms with Gasteiger partial charge in [0.05, 0.1) is 43.0 Å². The number of halogens is 1. The Kier molecular flexibility index (Phi) is 6.98. The fourth-order valence-electron chi connectivity index (χ4n) is 4.13. The fourth-order valence-corrected chi connectivity index (χ4v) is 4.37. The number of hydrogen-bond acceptors (Lipinski definition) is 6. The highest BCUT2D eigenvalue weighted by Crippen LogP contribution is 2.45. The average molecular weight is 494 g/mol. The Hall–Kier alpha value is -3.97. The molecule has 3 aromatic carbocycles. The molecule has 1 atom stereocenters. The second-order valence-electron chi connectivity index (χ2n) is 7.70. The molecule has 0 spiro atoms. The zero-order chi connectivity index (χ0) is 25.1. The van der Waals surface area contributed by atoms with Crippen molar-refractivity contribution < 1.29 is 28.9 Å². The summed E-state index contributed by atoms with van der Waals surface area (Å²) in [5.41, 5.74) is 1.20. The molecular weight excluding hydrogens is 470 g/mol. The predicted octanol–water partition coefficient (Wildman–Crippen LogP) is 5.38. The van der Waals surface area contributed by atoms with Crippen molar-refractivity contribution in [2.24, 2.45) is 0 Å². The number of ether oxygens (including phenoxy) is 3. The third kappa shape index (κ3) is 4.42. The molecule has 3 aromatic rings. The van der Waals surface area contributed by atoms with E-state index in [4.69, 9.17) is 25.8 Å². The van der Waals surface area contributed by atoms with Crippen LogP contribution in [0.3, 0.4) is 0 Å². The van der Waals surface area contributed by atoms with Gasteiger partial charge in [-0.05, 0) is 42.8 Å². The van der Waals surface area contributed by atoms with Crippen LogP contribution >= 0.6 is 11.6 Å². The molecule has 180 valence electrons. The number of rotatable bonds is 7. The van der Waals surface area contributed by atoms with Crippen molar-refractivity contribution in [3.63, 3.8) is 0 Å². The molecule has 1 aliphatic rings. The lowest BCUT2D eigenvalue weighted by molar-refractivity contribution is -0.132. The quantitative estimate of drug-likeness (QED) is 0.270. The first-order valence-electron chi connectivity index (χ1n) is 10.9. The number of hydrogen-bond donors (Lipinski definition) is 1. The summed E-state index contributed by atoms with van der Waals surface area (Å²) in [4.78, 5) is 28.1. The number of nitrogens with zero attached hydrogens (tertiary/aromatic N) is 1. The van der Waals surface area contributed by atoms with Crippen molar-refractivity contribution in [2.75, 3.05) is 25.7 Å². The van der Waals surface area contributed by atoms with Gasteiger partial charge in [-0.15, -0.1) is 0 Å². The zero-order valence-corrected chi connectivity index (χ0v) is 20.2. The number of Topliss-reactive ketones (excluding diaryl/α,β-unsaturated/α-hetero) is 1. The van der Waals surface area contributed by atoms with Crippen LogP contribution in [0.1, 0.15) is 24.1 Å². The van der Waals surface area contributed by atoms with Gasteiger partial charge in [0.15, 0.2) is 0 Å². The first-order valence-corrected chi connectivity index (χ1v) is 11.3. The number of carbonyl (C=O) groups excluding carboxylic acids is 2. The lowest BCUT2D eigenvalue weighted by Crippen LogP contribution is -2.29. The molecule has 35 heavy (non-hydrogen) atoms. The molecule has 1 aliphatic heterocycles. The van der Waals surface area contributed by atoms with Crippen LogP contribution in [-0.2, 0) is 9.59 Å². The minimum Gasteiger partial charge on any atom is -0.507 e. The van der Waals surface area contributed by atoms with Crippen molar-refractivity contribution in [3.05, 3.63) is 88.5 Å². The Labute approximate surface area is 208 Å². The molecule has 1 saturated heterocycles. The maximum Gasteiger partial charge on any atom is 0.300 e. The molecule has 0 bridgehead atoms. The SMILES string of the molecule is CCOc1cccc(C2/C(=C(\O)c3cc(OC)c(Cl)cc3OC)C(=O)C(=O)N2c2ccccc2)c1. The lowest BCUT2D eigenvalue weighted by Gasteiger charge is -2.26. The van der Waals surface area contributed by atoms with E-state index in [0.29, 0.717) is 23.6 Å². The topological polar surface area (TPSA) is 85.3 Å². The highest BCUT2D eigenvalue weighted by molar-refractivity contribution is 6.51. The second-order valence-corrected chi connectivity index (χ2v) is 8.10. The second kappa shape index (κ2) is 10.1. The monoisotopic (exact) mass is 493 g/mol. The van der Waals surface area contributed by atoms with Crippen molar-refractivity contribution in [2.45, 2.75) is 13.0 Å². The van der Waals surface area contributed by atoms with Crippen molar-refractivity contribution in [1.29, 1.82) is 0 Å². The molecule has 1 N–H and O–H groups in total. The Morgan fingerprint density at radius 2 is 1.69 bits per heavy atom. The van der Waals surface area contributed by atoms with E-state index in [1.165, 1.54) is 31.3 Å². The number of benzene rings is 3. The highest BCUT2D eigenvalue weighted by atomic mass is 35.5. The first kappa shape index (κ1) is 24.2. The number of anilines is 1. The van der Waals surface area contributed by atoms with Crippen LogP contribution in [0.2, 0.25) is 5.02 Å². The van der Waals surface area contributed by atoms with E-state index in [-0.39, 0.29) is 27.7 Å². The van der Waals surface area contributed by atoms with E-state index < -0.39 is 23.5 Å². The Bertz CT molecular complexity index is 1300. The van der Waals surface area contributed by atoms with Gasteiger partial charge in [-0.1, -0.05) is 41.9 Å². The van der Waals surface area contributed by atoms with Crippen molar-refractivity contribution in [3.8, 4) is 17.2 Å². The van der Waals surface area contributed by atoms with E-state index in [1.54, 1.807) is 48.5 Å². The van der Waals surface area contributed by atoms with Gasteiger partial charge in [-0.3, -0.25) is 14.5 Å². The van der Waals surface area contributed by atoms with Gasteiger partial charge in [-0.2, -0.15) is 0 Å². The number of para-hydroxylation sites is 1. The van der Waals surface area contributed by atoms with Crippen molar-refractivity contribution in [1.82, 2.24) is 0 Å². The Morgan fingerprint density at radius 3 is 2.34 bits per heavy atom. The summed E-state index contributed by atoms with van der Waals surface area (Å²) in [5, 5.41) is 11.7. The molecule has 0 aromatic heterocycles. The summed E-state index contributed by atoms with van der Waals surface area (Å²) in [6.45, 7) is 2.31. The molecule has 0 saturated carbocycles. The van der Waals surface area contributed by atoms with E-state index in [1.807, 2.05) is 13.0 Å². The summed E-state index contributed by atoms with van der Waals surface area (Å²) in [6, 6.07) is 18.0. The van der Waals surface area contributed by atoms with Crippen LogP contribution in [0.4, 0.5) is 5.69 Å². The number of methoxy groups -OCH3 is 2. The van der Waals surface area contributed by atoms with Gasteiger partial charge >= 0.3 is 0 Å². The van der Waals surface area contributed by atoms with Crippen LogP contribution in [0.5, 0.6) is 17.2 Å². The maximum absolute atomic E-state index is 13.4. The lowest BCUT2D eigenvalue weighted by atomic mass is 9.94. The third-order valence-electron chi connectivity index (χ3n) is 5.69. The molecule has 1 unspecified atom stereocenters. The van der Waals surface area contributed by atoms with Gasteiger partial charge in [0, 0.05) is 11.8 Å². The molecule has 0 radical (unpaired) electrons. The van der Waals surface area contributed by atoms with Crippen molar-refractivity contribution >= 4 is 34.7 Å². The fraction of sp³-hybridized carbons (Fsp3) is 0.185. The van der Waals surface area contributed by atoms with E-state index in [2.05, 4.69) is 0 Å². The van der Waals surface area contributed by atoms with Gasteiger partial charge < -0.3 is 19.3 Å². The van der Waals surface area contributed by atoms with Gasteiger partial charge in [-0.25, -0.2) is 0 Å². The third-order valence-corrected chi connectivity index (χ3v) is 5.99. The molecule has 7 nitrogen and oxygen atoms in total. The molecule has 1 fully saturated rings. The summed E-state index contributed by atoms with van der Waals surface area (Å²) in [7, 11) is 2.85. The molecule has 4 rings (SSSR count). The summed E-state index contributed by atoms with van der Waals surface area (Å²) >= 11 is 6.23. The van der Waals surface area contributed by atoms with E-state index in [9.17, 15) is 14.7 Å². The van der Waals surface area contributed by atoms with Crippen LogP contribution in [0.15, 0.2) is 72.3 Å². The first-order chi connectivity index (χ1) is 16.9. The van der Waals surface area contributed by atoms with Crippen LogP contribution < -0.4 is 19.1 Å². The average Bonchev–Trinajstić information content (AvgIpc) is 3.14. The normalized spacial score (nSPS) is 16.9. The number of aliphatic hydroxyl groups is 1. The van der Waals surface area contributed by atoms with Crippen LogP contribution in [-0.4, -0.2) is 37.6 Å². The standard InChI is InChI=1S/C27H24ClNO6/c1-4-35-18-12-8-9-16(13-18)24-23(26(31)27(32)29(24)17-10-6-5-7-11-17)25(30)19-14-22(34-3)20(28)15-21(19)33-2/h5-15,24,30H,4H2,1-3H3/b25-23+. The number of amides is 1. The molecule has 8 heteroatoms. The number of aliphatic hydroxyl groups excluding tert-OH is 1. The summed E-state index contributed by atoms with van der Waals surface area (Å²) in [6.07, 6.45) is 0. The number of carbonyl (C=O) groups is 2. The van der Waals surface area contributed by atoms with Gasteiger partial charge in [0.25, 0.3) is 11.7 Å². The molecule has 0 aliphatic carbocycles.